The third kappa shape index (κ3) is 1.15. The van der Waals surface area contributed by atoms with Crippen LogP contribution in [-0.2, 0) is 14.9 Å². The Bertz CT molecular complexity index is 499. The Morgan fingerprint density at radius 2 is 1.69 bits per heavy atom. The lowest BCUT2D eigenvalue weighted by molar-refractivity contribution is -0.124. The molecule has 0 aromatic rings. The van der Waals surface area contributed by atoms with Crippen LogP contribution in [0.5, 0.6) is 0 Å². The summed E-state index contributed by atoms with van der Waals surface area (Å²) in [6.07, 6.45) is -1.56. The zero-order valence-electron chi connectivity index (χ0n) is 7.47. The van der Waals surface area contributed by atoms with Crippen molar-refractivity contribution in [3.8, 4) is 0 Å². The Morgan fingerprint density at radius 3 is 2.25 bits per heavy atom. The SMILES string of the molecule is O=C1NC(=O)C2(S(=O)(=O)O)NC(=O)NC2N1. The van der Waals surface area contributed by atoms with Crippen molar-refractivity contribution in [1.29, 1.82) is 0 Å². The van der Waals surface area contributed by atoms with E-state index in [0.29, 0.717) is 0 Å². The molecule has 5 amide bonds. The van der Waals surface area contributed by atoms with Crippen molar-refractivity contribution in [3.63, 3.8) is 0 Å². The molecule has 2 aliphatic rings. The lowest BCUT2D eigenvalue weighted by atomic mass is 10.2. The summed E-state index contributed by atoms with van der Waals surface area (Å²) >= 11 is 0. The molecule has 0 aromatic heterocycles. The molecule has 0 saturated carbocycles. The number of rotatable bonds is 1. The van der Waals surface area contributed by atoms with Gasteiger partial charge in [0.1, 0.15) is 0 Å². The van der Waals surface area contributed by atoms with Crippen LogP contribution in [0.25, 0.3) is 0 Å². The Balaban J connectivity index is 2.58. The first-order valence-electron chi connectivity index (χ1n) is 3.95. The first-order chi connectivity index (χ1) is 7.27. The summed E-state index contributed by atoms with van der Waals surface area (Å²) in [5.74, 6) is -1.33. The number of hydrogen-bond acceptors (Lipinski definition) is 5. The van der Waals surface area contributed by atoms with Gasteiger partial charge >= 0.3 is 22.2 Å². The van der Waals surface area contributed by atoms with E-state index >= 15 is 0 Å². The number of hydrogen-bond donors (Lipinski definition) is 5. The van der Waals surface area contributed by atoms with Crippen molar-refractivity contribution in [2.24, 2.45) is 0 Å². The maximum atomic E-state index is 11.4. The van der Waals surface area contributed by atoms with Gasteiger partial charge < -0.3 is 16.0 Å². The van der Waals surface area contributed by atoms with Gasteiger partial charge in [-0.2, -0.15) is 8.42 Å². The minimum absolute atomic E-state index is 0.974. The molecular weight excluding hydrogens is 244 g/mol. The number of urea groups is 2. The minimum atomic E-state index is -4.95. The van der Waals surface area contributed by atoms with Crippen LogP contribution in [0, 0.1) is 0 Å². The summed E-state index contributed by atoms with van der Waals surface area (Å²) in [7, 11) is -4.95. The van der Waals surface area contributed by atoms with Crippen LogP contribution >= 0.6 is 0 Å². The van der Waals surface area contributed by atoms with Crippen molar-refractivity contribution in [2.45, 2.75) is 11.0 Å². The largest absolute Gasteiger partial charge is 0.323 e. The van der Waals surface area contributed by atoms with E-state index in [9.17, 15) is 22.8 Å². The molecule has 2 heterocycles. The molecule has 2 fully saturated rings. The molecule has 16 heavy (non-hydrogen) atoms. The van der Waals surface area contributed by atoms with Crippen LogP contribution in [-0.4, -0.2) is 42.0 Å². The standard InChI is InChI=1S/C5H6N4O6S/c10-2-5(16(13,14)15)1(6-3(11)8-2)7-4(12)9-5/h1H,(H2,7,9,12)(H,13,14,15)(H2,6,8,10,11). The molecule has 2 unspecified atom stereocenters. The lowest BCUT2D eigenvalue weighted by Gasteiger charge is -2.33. The third-order valence-corrected chi connectivity index (χ3v) is 3.56. The molecule has 88 valence electrons. The van der Waals surface area contributed by atoms with Crippen molar-refractivity contribution >= 4 is 28.1 Å². The molecule has 5 N–H and O–H groups in total. The predicted molar refractivity (Wildman–Crippen MR) is 46.4 cm³/mol. The summed E-state index contributed by atoms with van der Waals surface area (Å²) in [6, 6.07) is -1.97. The molecule has 2 saturated heterocycles. The van der Waals surface area contributed by atoms with Crippen LogP contribution in [0.2, 0.25) is 0 Å². The maximum absolute atomic E-state index is 11.4. The second-order valence-corrected chi connectivity index (χ2v) is 4.76. The molecule has 2 atom stereocenters. The van der Waals surface area contributed by atoms with Gasteiger partial charge in [0, 0.05) is 0 Å². The van der Waals surface area contributed by atoms with Crippen LogP contribution < -0.4 is 21.3 Å². The molecule has 0 radical (unpaired) electrons. The number of fused-ring (bicyclic) bond motifs is 1. The van der Waals surface area contributed by atoms with E-state index in [-0.39, 0.29) is 0 Å². The fraction of sp³-hybridized carbons (Fsp3) is 0.400. The Kier molecular flexibility index (Phi) is 1.88. The molecular formula is C5H6N4O6S. The Morgan fingerprint density at radius 1 is 1.12 bits per heavy atom. The van der Waals surface area contributed by atoms with E-state index in [1.54, 1.807) is 10.6 Å². The van der Waals surface area contributed by atoms with Crippen molar-refractivity contribution < 1.29 is 27.4 Å². The van der Waals surface area contributed by atoms with E-state index in [1.807, 2.05) is 10.6 Å². The lowest BCUT2D eigenvalue weighted by Crippen LogP contribution is -2.75. The topological polar surface area (TPSA) is 154 Å². The Hall–Kier alpha value is -1.88. The van der Waals surface area contributed by atoms with Crippen LogP contribution in [0.15, 0.2) is 0 Å². The number of amides is 5. The van der Waals surface area contributed by atoms with E-state index in [4.69, 9.17) is 4.55 Å². The van der Waals surface area contributed by atoms with Gasteiger partial charge in [-0.05, 0) is 0 Å². The zero-order valence-corrected chi connectivity index (χ0v) is 8.29. The summed E-state index contributed by atoms with van der Waals surface area (Å²) in [6.45, 7) is 0. The highest BCUT2D eigenvalue weighted by Crippen LogP contribution is 2.23. The number of imide groups is 1. The highest BCUT2D eigenvalue weighted by Gasteiger charge is 2.65. The van der Waals surface area contributed by atoms with Gasteiger partial charge in [-0.25, -0.2) is 9.59 Å². The zero-order chi connectivity index (χ0) is 12.1. The molecule has 2 rings (SSSR count). The minimum Gasteiger partial charge on any atom is -0.314 e. The first-order valence-corrected chi connectivity index (χ1v) is 5.39. The van der Waals surface area contributed by atoms with Gasteiger partial charge in [0.15, 0.2) is 6.17 Å². The molecule has 11 heteroatoms. The van der Waals surface area contributed by atoms with E-state index in [2.05, 4.69) is 0 Å². The van der Waals surface area contributed by atoms with Crippen LogP contribution in [0.1, 0.15) is 0 Å². The van der Waals surface area contributed by atoms with Gasteiger partial charge in [-0.3, -0.25) is 14.7 Å². The molecule has 0 spiro atoms. The third-order valence-electron chi connectivity index (χ3n) is 2.23. The van der Waals surface area contributed by atoms with Crippen molar-refractivity contribution in [3.05, 3.63) is 0 Å². The summed E-state index contributed by atoms with van der Waals surface area (Å²) < 4.78 is 31.3. The van der Waals surface area contributed by atoms with Crippen LogP contribution in [0.3, 0.4) is 0 Å². The molecule has 0 aromatic carbocycles. The second-order valence-electron chi connectivity index (χ2n) is 3.17. The van der Waals surface area contributed by atoms with Gasteiger partial charge in [0.2, 0.25) is 0 Å². The summed E-state index contributed by atoms with van der Waals surface area (Å²) in [5, 5.41) is 7.36. The van der Waals surface area contributed by atoms with Crippen molar-refractivity contribution in [2.75, 3.05) is 0 Å². The van der Waals surface area contributed by atoms with Crippen LogP contribution in [0.4, 0.5) is 9.59 Å². The van der Waals surface area contributed by atoms with E-state index in [0.717, 1.165) is 0 Å². The number of nitrogens with one attached hydrogen (secondary N) is 4. The van der Waals surface area contributed by atoms with Crippen molar-refractivity contribution in [1.82, 2.24) is 21.3 Å². The molecule has 2 aliphatic heterocycles. The van der Waals surface area contributed by atoms with Gasteiger partial charge in [0.25, 0.3) is 10.8 Å². The predicted octanol–water partition coefficient (Wildman–Crippen LogP) is -2.95. The fourth-order valence-corrected chi connectivity index (χ4v) is 2.45. The maximum Gasteiger partial charge on any atom is 0.323 e. The normalized spacial score (nSPS) is 33.3. The van der Waals surface area contributed by atoms with E-state index in [1.165, 1.54) is 0 Å². The molecule has 0 bridgehead atoms. The highest BCUT2D eigenvalue weighted by molar-refractivity contribution is 7.88. The quantitative estimate of drug-likeness (QED) is 0.313. The highest BCUT2D eigenvalue weighted by atomic mass is 32.2. The summed E-state index contributed by atoms with van der Waals surface area (Å²) in [5.41, 5.74) is 0. The van der Waals surface area contributed by atoms with Gasteiger partial charge in [-0.15, -0.1) is 0 Å². The Labute approximate surface area is 88.5 Å². The molecule has 10 nitrogen and oxygen atoms in total. The second kappa shape index (κ2) is 2.82. The average molecular weight is 250 g/mol. The number of carbonyl (C=O) groups is 3. The van der Waals surface area contributed by atoms with Gasteiger partial charge in [0.05, 0.1) is 0 Å². The van der Waals surface area contributed by atoms with E-state index < -0.39 is 39.1 Å². The fourth-order valence-electron chi connectivity index (χ4n) is 1.53. The molecule has 0 aliphatic carbocycles. The monoisotopic (exact) mass is 250 g/mol. The summed E-state index contributed by atoms with van der Waals surface area (Å²) in [4.78, 5) is 30.7. The first kappa shape index (κ1) is 10.6. The smallest absolute Gasteiger partial charge is 0.314 e. The average Bonchev–Trinajstić information content (AvgIpc) is 2.41. The van der Waals surface area contributed by atoms with Gasteiger partial charge in [-0.1, -0.05) is 0 Å². The number of carbonyl (C=O) groups excluding carboxylic acids is 3.